The summed E-state index contributed by atoms with van der Waals surface area (Å²) >= 11 is 0. The molecule has 0 radical (unpaired) electrons. The van der Waals surface area contributed by atoms with E-state index < -0.39 is 5.97 Å². The maximum atomic E-state index is 10.6. The van der Waals surface area contributed by atoms with E-state index in [2.05, 4.69) is 6.58 Å². The van der Waals surface area contributed by atoms with Crippen molar-refractivity contribution in [3.05, 3.63) is 30.3 Å². The molecule has 4 nitrogen and oxygen atoms in total. The maximum Gasteiger partial charge on any atom is 0.335 e. The van der Waals surface area contributed by atoms with Crippen molar-refractivity contribution in [2.75, 3.05) is 7.11 Å². The zero-order chi connectivity index (χ0) is 10.7. The van der Waals surface area contributed by atoms with E-state index in [0.717, 1.165) is 0 Å². The third-order valence-electron chi connectivity index (χ3n) is 1.79. The van der Waals surface area contributed by atoms with Crippen LogP contribution in [0.25, 0.3) is 5.57 Å². The Morgan fingerprint density at radius 2 is 2.14 bits per heavy atom. The van der Waals surface area contributed by atoms with Gasteiger partial charge in [-0.3, -0.25) is 0 Å². The van der Waals surface area contributed by atoms with Crippen LogP contribution in [0.15, 0.2) is 24.8 Å². The number of carboxylic acids is 1. The van der Waals surface area contributed by atoms with Crippen LogP contribution >= 0.6 is 0 Å². The molecule has 0 atom stereocenters. The molecule has 0 fully saturated rings. The molecule has 0 aromatic heterocycles. The zero-order valence-corrected chi connectivity index (χ0v) is 7.65. The summed E-state index contributed by atoms with van der Waals surface area (Å²) < 4.78 is 4.85. The highest BCUT2D eigenvalue weighted by atomic mass is 16.5. The third-order valence-corrected chi connectivity index (χ3v) is 1.79. The number of benzene rings is 1. The van der Waals surface area contributed by atoms with E-state index in [0.29, 0.717) is 5.75 Å². The van der Waals surface area contributed by atoms with Gasteiger partial charge in [-0.05, 0) is 12.1 Å². The van der Waals surface area contributed by atoms with Crippen molar-refractivity contribution in [1.29, 1.82) is 0 Å². The Morgan fingerprint density at radius 3 is 2.57 bits per heavy atom. The van der Waals surface area contributed by atoms with E-state index in [9.17, 15) is 9.90 Å². The minimum atomic E-state index is -1.16. The Bertz CT molecular complexity index is 382. The molecule has 0 aliphatic carbocycles. The Hall–Kier alpha value is -1.97. The van der Waals surface area contributed by atoms with Crippen molar-refractivity contribution >= 4 is 11.5 Å². The van der Waals surface area contributed by atoms with Gasteiger partial charge >= 0.3 is 5.97 Å². The highest BCUT2D eigenvalue weighted by molar-refractivity contribution is 6.15. The van der Waals surface area contributed by atoms with E-state index in [1.54, 1.807) is 6.07 Å². The number of aromatic hydroxyl groups is 1. The van der Waals surface area contributed by atoms with Crippen LogP contribution in [0.2, 0.25) is 0 Å². The van der Waals surface area contributed by atoms with Gasteiger partial charge in [0, 0.05) is 11.6 Å². The molecule has 0 saturated carbocycles. The van der Waals surface area contributed by atoms with Crippen LogP contribution in [0, 0.1) is 0 Å². The lowest BCUT2D eigenvalue weighted by atomic mass is 10.1. The second-order valence-corrected chi connectivity index (χ2v) is 2.67. The van der Waals surface area contributed by atoms with E-state index in [-0.39, 0.29) is 16.9 Å². The zero-order valence-electron chi connectivity index (χ0n) is 7.65. The molecular weight excluding hydrogens is 184 g/mol. The summed E-state index contributed by atoms with van der Waals surface area (Å²) in [6, 6.07) is 4.34. The quantitative estimate of drug-likeness (QED) is 0.715. The first-order valence-corrected chi connectivity index (χ1v) is 3.86. The molecule has 1 aromatic rings. The number of phenols is 1. The second kappa shape index (κ2) is 3.83. The van der Waals surface area contributed by atoms with Gasteiger partial charge in [-0.2, -0.15) is 0 Å². The normalized spacial score (nSPS) is 9.50. The lowest BCUT2D eigenvalue weighted by molar-refractivity contribution is -0.130. The van der Waals surface area contributed by atoms with E-state index in [4.69, 9.17) is 9.84 Å². The Kier molecular flexibility index (Phi) is 2.76. The van der Waals surface area contributed by atoms with Crippen LogP contribution in [0.4, 0.5) is 0 Å². The minimum absolute atomic E-state index is 0.148. The van der Waals surface area contributed by atoms with Gasteiger partial charge in [-0.25, -0.2) is 4.79 Å². The van der Waals surface area contributed by atoms with Crippen molar-refractivity contribution in [1.82, 2.24) is 0 Å². The fourth-order valence-electron chi connectivity index (χ4n) is 1.01. The van der Waals surface area contributed by atoms with Crippen molar-refractivity contribution in [2.45, 2.75) is 0 Å². The average Bonchev–Trinajstić information content (AvgIpc) is 2.16. The number of aliphatic carboxylic acids is 1. The molecule has 0 aliphatic heterocycles. The summed E-state index contributed by atoms with van der Waals surface area (Å²) in [5.74, 6) is -0.855. The molecule has 0 unspecified atom stereocenters. The number of carboxylic acid groups (broad SMARTS) is 1. The van der Waals surface area contributed by atoms with Gasteiger partial charge in [0.2, 0.25) is 0 Å². The SMILES string of the molecule is C=C(C(=O)O)c1ccc(OC)cc1O. The second-order valence-electron chi connectivity index (χ2n) is 2.67. The summed E-state index contributed by atoms with van der Waals surface area (Å²) in [7, 11) is 1.46. The number of ether oxygens (including phenoxy) is 1. The lowest BCUT2D eigenvalue weighted by Gasteiger charge is -2.05. The highest BCUT2D eigenvalue weighted by Gasteiger charge is 2.12. The van der Waals surface area contributed by atoms with Gasteiger partial charge in [0.25, 0.3) is 0 Å². The van der Waals surface area contributed by atoms with Crippen molar-refractivity contribution in [3.8, 4) is 11.5 Å². The third kappa shape index (κ3) is 1.85. The van der Waals surface area contributed by atoms with Crippen LogP contribution in [-0.4, -0.2) is 23.3 Å². The first-order valence-electron chi connectivity index (χ1n) is 3.86. The topological polar surface area (TPSA) is 66.8 Å². The van der Waals surface area contributed by atoms with Gasteiger partial charge in [0.1, 0.15) is 11.5 Å². The standard InChI is InChI=1S/C10H10O4/c1-6(10(12)13)8-4-3-7(14-2)5-9(8)11/h3-5,11H,1H2,2H3,(H,12,13). The lowest BCUT2D eigenvalue weighted by Crippen LogP contribution is -1.98. The number of methoxy groups -OCH3 is 1. The Morgan fingerprint density at radius 1 is 1.50 bits per heavy atom. The molecule has 14 heavy (non-hydrogen) atoms. The van der Waals surface area contributed by atoms with Crippen LogP contribution in [0.1, 0.15) is 5.56 Å². The molecular formula is C10H10O4. The molecule has 0 heterocycles. The van der Waals surface area contributed by atoms with Gasteiger partial charge in [-0.15, -0.1) is 0 Å². The first-order chi connectivity index (χ1) is 6.56. The average molecular weight is 194 g/mol. The molecule has 1 aromatic carbocycles. The van der Waals surface area contributed by atoms with E-state index >= 15 is 0 Å². The van der Waals surface area contributed by atoms with E-state index in [1.165, 1.54) is 19.2 Å². The molecule has 0 aliphatic rings. The summed E-state index contributed by atoms with van der Waals surface area (Å²) in [4.78, 5) is 10.6. The predicted molar refractivity (Wildman–Crippen MR) is 51.3 cm³/mol. The van der Waals surface area contributed by atoms with Gasteiger partial charge < -0.3 is 14.9 Å². The summed E-state index contributed by atoms with van der Waals surface area (Å²) in [5.41, 5.74) is 0.0449. The molecule has 2 N–H and O–H groups in total. The van der Waals surface area contributed by atoms with Gasteiger partial charge in [0.05, 0.1) is 12.7 Å². The smallest absolute Gasteiger partial charge is 0.335 e. The summed E-state index contributed by atoms with van der Waals surface area (Å²) in [6.45, 7) is 3.34. The largest absolute Gasteiger partial charge is 0.507 e. The number of carbonyl (C=O) groups is 1. The minimum Gasteiger partial charge on any atom is -0.507 e. The molecule has 0 saturated heterocycles. The van der Waals surface area contributed by atoms with Gasteiger partial charge in [0.15, 0.2) is 0 Å². The molecule has 0 spiro atoms. The fourth-order valence-corrected chi connectivity index (χ4v) is 1.01. The van der Waals surface area contributed by atoms with Crippen molar-refractivity contribution in [2.24, 2.45) is 0 Å². The summed E-state index contributed by atoms with van der Waals surface area (Å²) in [6.07, 6.45) is 0. The predicted octanol–water partition coefficient (Wildman–Crippen LogP) is 1.50. The van der Waals surface area contributed by atoms with Crippen LogP contribution in [0.3, 0.4) is 0 Å². The van der Waals surface area contributed by atoms with Crippen LogP contribution in [-0.2, 0) is 4.79 Å². The van der Waals surface area contributed by atoms with E-state index in [1.807, 2.05) is 0 Å². The molecule has 0 bridgehead atoms. The highest BCUT2D eigenvalue weighted by Crippen LogP contribution is 2.28. The molecule has 1 rings (SSSR count). The fraction of sp³-hybridized carbons (Fsp3) is 0.100. The molecule has 4 heteroatoms. The summed E-state index contributed by atoms with van der Waals surface area (Å²) in [5, 5.41) is 18.1. The van der Waals surface area contributed by atoms with Gasteiger partial charge in [-0.1, -0.05) is 6.58 Å². The monoisotopic (exact) mass is 194 g/mol. The van der Waals surface area contributed by atoms with Crippen molar-refractivity contribution in [3.63, 3.8) is 0 Å². The first kappa shape index (κ1) is 10.1. The Labute approximate surface area is 81.1 Å². The number of hydrogen-bond acceptors (Lipinski definition) is 3. The number of hydrogen-bond donors (Lipinski definition) is 2. The number of rotatable bonds is 3. The van der Waals surface area contributed by atoms with Crippen LogP contribution in [0.5, 0.6) is 11.5 Å². The number of phenolic OH excluding ortho intramolecular Hbond substituents is 1. The molecule has 0 amide bonds. The maximum absolute atomic E-state index is 10.6. The molecule has 74 valence electrons. The van der Waals surface area contributed by atoms with Crippen molar-refractivity contribution < 1.29 is 19.7 Å². The Balaban J connectivity index is 3.12. The van der Waals surface area contributed by atoms with Crippen LogP contribution < -0.4 is 4.74 Å².